The van der Waals surface area contributed by atoms with E-state index in [4.69, 9.17) is 11.6 Å². The van der Waals surface area contributed by atoms with E-state index in [-0.39, 0.29) is 18.0 Å². The van der Waals surface area contributed by atoms with Crippen LogP contribution in [0.25, 0.3) is 21.8 Å². The van der Waals surface area contributed by atoms with Gasteiger partial charge in [0.05, 0.1) is 6.20 Å². The summed E-state index contributed by atoms with van der Waals surface area (Å²) in [5.74, 6) is -0.309. The minimum atomic E-state index is -0.325. The van der Waals surface area contributed by atoms with Crippen LogP contribution < -0.4 is 10.9 Å². The van der Waals surface area contributed by atoms with Gasteiger partial charge in [0.2, 0.25) is 5.91 Å². The van der Waals surface area contributed by atoms with Crippen molar-refractivity contribution in [3.8, 4) is 0 Å². The summed E-state index contributed by atoms with van der Waals surface area (Å²) in [5.41, 5.74) is 2.91. The van der Waals surface area contributed by atoms with Gasteiger partial charge in [-0.1, -0.05) is 41.4 Å². The number of hydrogen-bond acceptors (Lipinski definition) is 3. The lowest BCUT2D eigenvalue weighted by Crippen LogP contribution is -2.33. The smallest absolute Gasteiger partial charge is 0.291 e. The van der Waals surface area contributed by atoms with E-state index >= 15 is 0 Å². The third-order valence-corrected chi connectivity index (χ3v) is 4.86. The van der Waals surface area contributed by atoms with Crippen LogP contribution in [0, 0.1) is 6.92 Å². The van der Waals surface area contributed by atoms with Crippen molar-refractivity contribution in [1.29, 1.82) is 0 Å². The van der Waals surface area contributed by atoms with Crippen molar-refractivity contribution in [2.75, 3.05) is 0 Å². The predicted molar refractivity (Wildman–Crippen MR) is 106 cm³/mol. The first-order chi connectivity index (χ1) is 13.0. The van der Waals surface area contributed by atoms with Gasteiger partial charge in [-0.15, -0.1) is 0 Å². The fourth-order valence-corrected chi connectivity index (χ4v) is 3.28. The van der Waals surface area contributed by atoms with Gasteiger partial charge in [0.25, 0.3) is 5.56 Å². The quantitative estimate of drug-likeness (QED) is 0.570. The molecular formula is C20H17ClN4O2. The Kier molecular flexibility index (Phi) is 4.41. The van der Waals surface area contributed by atoms with Crippen molar-refractivity contribution in [1.82, 2.24) is 20.1 Å². The zero-order chi connectivity index (χ0) is 19.0. The summed E-state index contributed by atoms with van der Waals surface area (Å²) in [6.45, 7) is 2.13. The molecular weight excluding hydrogens is 364 g/mol. The molecule has 2 aromatic carbocycles. The number of aromatic amines is 1. The fraction of sp³-hybridized carbons (Fsp3) is 0.150. The van der Waals surface area contributed by atoms with E-state index in [1.165, 1.54) is 0 Å². The molecule has 4 aromatic rings. The lowest BCUT2D eigenvalue weighted by Gasteiger charge is -2.08. The van der Waals surface area contributed by atoms with E-state index in [9.17, 15) is 9.59 Å². The number of nitrogens with zero attached hydrogens (tertiary/aromatic N) is 2. The Morgan fingerprint density at radius 3 is 2.85 bits per heavy atom. The highest BCUT2D eigenvalue weighted by atomic mass is 35.5. The average Bonchev–Trinajstić information content (AvgIpc) is 3.02. The van der Waals surface area contributed by atoms with Crippen molar-refractivity contribution >= 4 is 39.3 Å². The van der Waals surface area contributed by atoms with Crippen LogP contribution in [0.1, 0.15) is 11.1 Å². The Morgan fingerprint density at radius 1 is 1.22 bits per heavy atom. The number of rotatable bonds is 4. The number of halogens is 1. The molecule has 7 heteroatoms. The number of aromatic nitrogens is 3. The highest BCUT2D eigenvalue weighted by molar-refractivity contribution is 6.31. The SMILES string of the molecule is Cc1ccc2[nH]c3c(=O)n(CC(=O)NCc4ccccc4Cl)ncc3c2c1. The number of carbonyl (C=O) groups is 1. The first kappa shape index (κ1) is 17.3. The standard InChI is InChI=1S/C20H17ClN4O2/c1-12-6-7-17-14(8-12)15-10-23-25(20(27)19(15)24-17)11-18(26)22-9-13-4-2-3-5-16(13)21/h2-8,10,24H,9,11H2,1H3,(H,22,26). The summed E-state index contributed by atoms with van der Waals surface area (Å²) in [6.07, 6.45) is 1.62. The molecule has 0 atom stereocenters. The average molecular weight is 381 g/mol. The molecule has 27 heavy (non-hydrogen) atoms. The molecule has 2 N–H and O–H groups in total. The van der Waals surface area contributed by atoms with Crippen LogP contribution in [0.15, 0.2) is 53.5 Å². The topological polar surface area (TPSA) is 79.8 Å². The highest BCUT2D eigenvalue weighted by Gasteiger charge is 2.13. The molecule has 6 nitrogen and oxygen atoms in total. The van der Waals surface area contributed by atoms with Gasteiger partial charge in [-0.05, 0) is 30.7 Å². The zero-order valence-corrected chi connectivity index (χ0v) is 15.4. The van der Waals surface area contributed by atoms with E-state index < -0.39 is 0 Å². The molecule has 0 saturated carbocycles. The molecule has 0 aliphatic rings. The summed E-state index contributed by atoms with van der Waals surface area (Å²) >= 11 is 6.09. The third-order valence-electron chi connectivity index (χ3n) is 4.50. The Bertz CT molecular complexity index is 1230. The predicted octanol–water partition coefficient (Wildman–Crippen LogP) is 3.16. The van der Waals surface area contributed by atoms with Crippen LogP contribution in [0.2, 0.25) is 5.02 Å². The van der Waals surface area contributed by atoms with Crippen LogP contribution in [-0.2, 0) is 17.9 Å². The maximum atomic E-state index is 12.7. The number of fused-ring (bicyclic) bond motifs is 3. The maximum absolute atomic E-state index is 12.7. The van der Waals surface area contributed by atoms with E-state index in [2.05, 4.69) is 15.4 Å². The number of H-pyrrole nitrogens is 1. The Hall–Kier alpha value is -3.12. The number of hydrogen-bond donors (Lipinski definition) is 2. The molecule has 4 rings (SSSR count). The summed E-state index contributed by atoms with van der Waals surface area (Å²) in [6, 6.07) is 13.2. The van der Waals surface area contributed by atoms with Gasteiger partial charge in [-0.3, -0.25) is 9.59 Å². The van der Waals surface area contributed by atoms with Gasteiger partial charge in [0.1, 0.15) is 12.1 Å². The fourth-order valence-electron chi connectivity index (χ4n) is 3.08. The molecule has 1 amide bonds. The van der Waals surface area contributed by atoms with Crippen LogP contribution in [0.3, 0.4) is 0 Å². The van der Waals surface area contributed by atoms with Crippen molar-refractivity contribution in [3.63, 3.8) is 0 Å². The van der Waals surface area contributed by atoms with E-state index in [0.717, 1.165) is 32.1 Å². The first-order valence-corrected chi connectivity index (χ1v) is 8.89. The van der Waals surface area contributed by atoms with Crippen LogP contribution in [0.5, 0.6) is 0 Å². The molecule has 136 valence electrons. The number of amides is 1. The monoisotopic (exact) mass is 380 g/mol. The van der Waals surface area contributed by atoms with Gasteiger partial charge in [-0.2, -0.15) is 5.10 Å². The molecule has 0 bridgehead atoms. The second kappa shape index (κ2) is 6.89. The highest BCUT2D eigenvalue weighted by Crippen LogP contribution is 2.23. The van der Waals surface area contributed by atoms with Crippen molar-refractivity contribution in [3.05, 3.63) is 75.2 Å². The number of aryl methyl sites for hydroxylation is 1. The number of nitrogens with one attached hydrogen (secondary N) is 2. The van der Waals surface area contributed by atoms with Gasteiger partial charge >= 0.3 is 0 Å². The molecule has 0 radical (unpaired) electrons. The normalized spacial score (nSPS) is 11.2. The Labute approximate surface area is 159 Å². The molecule has 0 saturated heterocycles. The number of carbonyl (C=O) groups excluding carboxylic acids is 1. The molecule has 0 aliphatic heterocycles. The Morgan fingerprint density at radius 2 is 2.04 bits per heavy atom. The van der Waals surface area contributed by atoms with Crippen molar-refractivity contribution < 1.29 is 4.79 Å². The lowest BCUT2D eigenvalue weighted by molar-refractivity contribution is -0.122. The zero-order valence-electron chi connectivity index (χ0n) is 14.6. The molecule has 0 aliphatic carbocycles. The van der Waals surface area contributed by atoms with E-state index in [1.54, 1.807) is 12.3 Å². The van der Waals surface area contributed by atoms with Crippen LogP contribution in [0.4, 0.5) is 0 Å². The lowest BCUT2D eigenvalue weighted by atomic mass is 10.1. The summed E-state index contributed by atoms with van der Waals surface area (Å²) < 4.78 is 1.16. The van der Waals surface area contributed by atoms with Crippen molar-refractivity contribution in [2.24, 2.45) is 0 Å². The largest absolute Gasteiger partial charge is 0.350 e. The molecule has 2 aromatic heterocycles. The van der Waals surface area contributed by atoms with E-state index in [1.807, 2.05) is 43.3 Å². The second-order valence-corrected chi connectivity index (χ2v) is 6.85. The molecule has 0 spiro atoms. The third kappa shape index (κ3) is 3.31. The van der Waals surface area contributed by atoms with Gasteiger partial charge in [0.15, 0.2) is 0 Å². The minimum Gasteiger partial charge on any atom is -0.350 e. The summed E-state index contributed by atoms with van der Waals surface area (Å²) in [5, 5.41) is 9.22. The molecule has 0 unspecified atom stereocenters. The van der Waals surface area contributed by atoms with Crippen LogP contribution >= 0.6 is 11.6 Å². The second-order valence-electron chi connectivity index (χ2n) is 6.44. The summed E-state index contributed by atoms with van der Waals surface area (Å²) in [7, 11) is 0. The first-order valence-electron chi connectivity index (χ1n) is 8.51. The minimum absolute atomic E-state index is 0.159. The van der Waals surface area contributed by atoms with Gasteiger partial charge in [0, 0.05) is 27.9 Å². The summed E-state index contributed by atoms with van der Waals surface area (Å²) in [4.78, 5) is 28.1. The van der Waals surface area contributed by atoms with E-state index in [0.29, 0.717) is 17.1 Å². The van der Waals surface area contributed by atoms with Crippen LogP contribution in [-0.4, -0.2) is 20.7 Å². The van der Waals surface area contributed by atoms with Gasteiger partial charge < -0.3 is 10.3 Å². The molecule has 2 heterocycles. The molecule has 0 fully saturated rings. The maximum Gasteiger partial charge on any atom is 0.291 e. The number of benzene rings is 2. The Balaban J connectivity index is 1.58. The van der Waals surface area contributed by atoms with Crippen molar-refractivity contribution in [2.45, 2.75) is 20.0 Å². The van der Waals surface area contributed by atoms with Gasteiger partial charge in [-0.25, -0.2) is 4.68 Å².